The molecule has 0 radical (unpaired) electrons. The van der Waals surface area contributed by atoms with E-state index in [0.29, 0.717) is 0 Å². The summed E-state index contributed by atoms with van der Waals surface area (Å²) in [7, 11) is 0. The largest absolute Gasteiger partial charge is 0.316 e. The topological polar surface area (TPSA) is 12.0 Å². The first-order valence-electron chi connectivity index (χ1n) is 9.38. The minimum Gasteiger partial charge on any atom is -0.316 e. The second-order valence-electron chi connectivity index (χ2n) is 7.51. The lowest BCUT2D eigenvalue weighted by Gasteiger charge is -2.34. The van der Waals surface area contributed by atoms with E-state index in [1.807, 2.05) is 0 Å². The molecule has 0 aromatic heterocycles. The minimum atomic E-state index is 0.782. The van der Waals surface area contributed by atoms with Crippen molar-refractivity contribution in [2.24, 2.45) is 23.7 Å². The average Bonchev–Trinajstić information content (AvgIpc) is 2.44. The van der Waals surface area contributed by atoms with Gasteiger partial charge in [0, 0.05) is 0 Å². The van der Waals surface area contributed by atoms with Crippen molar-refractivity contribution in [1.82, 2.24) is 5.32 Å². The smallest absolute Gasteiger partial charge is 0.00178 e. The zero-order chi connectivity index (χ0) is 14.8. The fraction of sp³-hybridized carbons (Fsp3) is 1.00. The van der Waals surface area contributed by atoms with Gasteiger partial charge in [0.2, 0.25) is 0 Å². The van der Waals surface area contributed by atoms with E-state index < -0.39 is 0 Å². The Morgan fingerprint density at radius 2 is 1.75 bits per heavy atom. The van der Waals surface area contributed by atoms with Gasteiger partial charge in [0.25, 0.3) is 0 Å². The highest BCUT2D eigenvalue weighted by molar-refractivity contribution is 4.79. The highest BCUT2D eigenvalue weighted by Crippen LogP contribution is 2.36. The maximum absolute atomic E-state index is 3.72. The first-order valence-corrected chi connectivity index (χ1v) is 9.38. The van der Waals surface area contributed by atoms with Crippen LogP contribution in [0.5, 0.6) is 0 Å². The lowest BCUT2D eigenvalue weighted by atomic mass is 9.73. The summed E-state index contributed by atoms with van der Waals surface area (Å²) in [6.45, 7) is 11.8. The molecular formula is C19H39N. The first kappa shape index (κ1) is 18.0. The molecule has 0 heterocycles. The summed E-state index contributed by atoms with van der Waals surface area (Å²) in [6.07, 6.45) is 13.1. The Morgan fingerprint density at radius 3 is 2.35 bits per heavy atom. The quantitative estimate of drug-likeness (QED) is 0.546. The van der Waals surface area contributed by atoms with E-state index in [2.05, 4.69) is 33.0 Å². The Bertz CT molecular complexity index is 224. The van der Waals surface area contributed by atoms with Crippen molar-refractivity contribution in [1.29, 1.82) is 0 Å². The summed E-state index contributed by atoms with van der Waals surface area (Å²) in [5.74, 6) is 3.74. The number of unbranched alkanes of at least 4 members (excludes halogenated alkanes) is 1. The van der Waals surface area contributed by atoms with Crippen LogP contribution in [0.2, 0.25) is 0 Å². The summed E-state index contributed by atoms with van der Waals surface area (Å²) >= 11 is 0. The van der Waals surface area contributed by atoms with Gasteiger partial charge in [-0.3, -0.25) is 0 Å². The molecule has 0 aliphatic heterocycles. The molecule has 120 valence electrons. The maximum Gasteiger partial charge on any atom is -0.00178 e. The Balaban J connectivity index is 2.37. The van der Waals surface area contributed by atoms with E-state index in [4.69, 9.17) is 0 Å². The van der Waals surface area contributed by atoms with Crippen LogP contribution >= 0.6 is 0 Å². The zero-order valence-corrected chi connectivity index (χ0v) is 14.6. The third-order valence-corrected chi connectivity index (χ3v) is 5.20. The van der Waals surface area contributed by atoms with Crippen LogP contribution in [0.3, 0.4) is 0 Å². The van der Waals surface area contributed by atoms with Gasteiger partial charge in [0.15, 0.2) is 0 Å². The summed E-state index contributed by atoms with van der Waals surface area (Å²) in [4.78, 5) is 0. The van der Waals surface area contributed by atoms with E-state index in [1.165, 1.54) is 70.9 Å². The molecule has 0 amide bonds. The standard InChI is InChI=1S/C19H39N/c1-5-7-10-17(6-2)13-18-11-8-9-12-19(18)15-20-14-16(3)4/h16-20H,5-15H2,1-4H3. The summed E-state index contributed by atoms with van der Waals surface area (Å²) < 4.78 is 0. The highest BCUT2D eigenvalue weighted by Gasteiger charge is 2.26. The minimum absolute atomic E-state index is 0.782. The molecule has 3 unspecified atom stereocenters. The van der Waals surface area contributed by atoms with Crippen LogP contribution in [-0.2, 0) is 0 Å². The van der Waals surface area contributed by atoms with E-state index >= 15 is 0 Å². The van der Waals surface area contributed by atoms with Gasteiger partial charge >= 0.3 is 0 Å². The van der Waals surface area contributed by atoms with Gasteiger partial charge in [0.05, 0.1) is 0 Å². The van der Waals surface area contributed by atoms with E-state index in [0.717, 1.165) is 23.7 Å². The molecule has 1 fully saturated rings. The monoisotopic (exact) mass is 281 g/mol. The van der Waals surface area contributed by atoms with Crippen molar-refractivity contribution in [3.63, 3.8) is 0 Å². The maximum atomic E-state index is 3.72. The molecule has 1 aliphatic rings. The number of rotatable bonds is 10. The van der Waals surface area contributed by atoms with Crippen molar-refractivity contribution in [3.8, 4) is 0 Å². The van der Waals surface area contributed by atoms with Crippen molar-refractivity contribution in [3.05, 3.63) is 0 Å². The molecule has 1 nitrogen and oxygen atoms in total. The van der Waals surface area contributed by atoms with Crippen LogP contribution in [0.4, 0.5) is 0 Å². The lowest BCUT2D eigenvalue weighted by Crippen LogP contribution is -2.33. The predicted molar refractivity (Wildman–Crippen MR) is 91.1 cm³/mol. The molecule has 1 rings (SSSR count). The van der Waals surface area contributed by atoms with Gasteiger partial charge in [-0.1, -0.05) is 72.6 Å². The normalized spacial score (nSPS) is 25.1. The van der Waals surface area contributed by atoms with Crippen molar-refractivity contribution < 1.29 is 0 Å². The average molecular weight is 282 g/mol. The van der Waals surface area contributed by atoms with Gasteiger partial charge in [-0.15, -0.1) is 0 Å². The van der Waals surface area contributed by atoms with Gasteiger partial charge < -0.3 is 5.32 Å². The second kappa shape index (κ2) is 10.7. The summed E-state index contributed by atoms with van der Waals surface area (Å²) in [5, 5.41) is 3.72. The molecule has 0 saturated heterocycles. The third kappa shape index (κ3) is 7.11. The van der Waals surface area contributed by atoms with Crippen molar-refractivity contribution in [2.75, 3.05) is 13.1 Å². The summed E-state index contributed by atoms with van der Waals surface area (Å²) in [5.41, 5.74) is 0. The van der Waals surface area contributed by atoms with Gasteiger partial charge in [-0.25, -0.2) is 0 Å². The SMILES string of the molecule is CCCCC(CC)CC1CCCCC1CNCC(C)C. The Morgan fingerprint density at radius 1 is 1.05 bits per heavy atom. The second-order valence-corrected chi connectivity index (χ2v) is 7.51. The molecule has 3 atom stereocenters. The molecule has 1 saturated carbocycles. The van der Waals surface area contributed by atoms with Crippen LogP contribution in [0, 0.1) is 23.7 Å². The van der Waals surface area contributed by atoms with Gasteiger partial charge in [-0.2, -0.15) is 0 Å². The molecular weight excluding hydrogens is 242 g/mol. The molecule has 1 N–H and O–H groups in total. The Hall–Kier alpha value is -0.0400. The van der Waals surface area contributed by atoms with Crippen LogP contribution in [0.15, 0.2) is 0 Å². The van der Waals surface area contributed by atoms with E-state index in [-0.39, 0.29) is 0 Å². The van der Waals surface area contributed by atoms with Gasteiger partial charge in [0.1, 0.15) is 0 Å². The fourth-order valence-corrected chi connectivity index (χ4v) is 3.83. The van der Waals surface area contributed by atoms with E-state index in [9.17, 15) is 0 Å². The molecule has 20 heavy (non-hydrogen) atoms. The van der Waals surface area contributed by atoms with Crippen molar-refractivity contribution >= 4 is 0 Å². The molecule has 0 aromatic carbocycles. The zero-order valence-electron chi connectivity index (χ0n) is 14.6. The Labute approximate surface area is 128 Å². The molecule has 0 aromatic rings. The number of hydrogen-bond acceptors (Lipinski definition) is 1. The molecule has 1 aliphatic carbocycles. The highest BCUT2D eigenvalue weighted by atomic mass is 14.9. The molecule has 1 heteroatoms. The fourth-order valence-electron chi connectivity index (χ4n) is 3.83. The molecule has 0 bridgehead atoms. The summed E-state index contributed by atoms with van der Waals surface area (Å²) in [6, 6.07) is 0. The first-order chi connectivity index (χ1) is 9.67. The Kier molecular flexibility index (Phi) is 9.59. The molecule has 0 spiro atoms. The third-order valence-electron chi connectivity index (χ3n) is 5.20. The van der Waals surface area contributed by atoms with Crippen LogP contribution in [0.1, 0.15) is 85.5 Å². The number of hydrogen-bond donors (Lipinski definition) is 1. The van der Waals surface area contributed by atoms with Crippen molar-refractivity contribution in [2.45, 2.75) is 85.5 Å². The van der Waals surface area contributed by atoms with Gasteiger partial charge in [-0.05, 0) is 49.6 Å². The predicted octanol–water partition coefficient (Wildman–Crippen LogP) is 5.64. The van der Waals surface area contributed by atoms with E-state index in [1.54, 1.807) is 0 Å². The van der Waals surface area contributed by atoms with Crippen LogP contribution in [-0.4, -0.2) is 13.1 Å². The van der Waals surface area contributed by atoms with Crippen LogP contribution in [0.25, 0.3) is 0 Å². The lowest BCUT2D eigenvalue weighted by molar-refractivity contribution is 0.183. The van der Waals surface area contributed by atoms with Crippen LogP contribution < -0.4 is 5.32 Å². The number of nitrogens with one attached hydrogen (secondary N) is 1.